The van der Waals surface area contributed by atoms with Crippen LogP contribution >= 0.6 is 0 Å². The van der Waals surface area contributed by atoms with Crippen molar-refractivity contribution < 1.29 is 4.42 Å². The number of benzene rings is 9. The largest absolute Gasteiger partial charge is 0.455 e. The van der Waals surface area contributed by atoms with E-state index in [2.05, 4.69) is 207 Å². The van der Waals surface area contributed by atoms with E-state index in [-0.39, 0.29) is 5.41 Å². The predicted octanol–water partition coefficient (Wildman–Crippen LogP) is 15.0. The Morgan fingerprint density at radius 3 is 1.84 bits per heavy atom. The summed E-state index contributed by atoms with van der Waals surface area (Å²) in [6, 6.07) is 68.4. The molecule has 0 saturated heterocycles. The van der Waals surface area contributed by atoms with Crippen LogP contribution in [0.5, 0.6) is 0 Å². The van der Waals surface area contributed by atoms with Gasteiger partial charge in [0.1, 0.15) is 11.2 Å². The third-order valence-electron chi connectivity index (χ3n) is 11.8. The average molecular weight is 704 g/mol. The Kier molecular flexibility index (Phi) is 6.93. The molecule has 10 aromatic rings. The summed E-state index contributed by atoms with van der Waals surface area (Å²) in [5.41, 5.74) is 14.8. The molecular formula is C53H37NO. The lowest BCUT2D eigenvalue weighted by atomic mass is 9.82. The van der Waals surface area contributed by atoms with Gasteiger partial charge in [-0.3, -0.25) is 0 Å². The highest BCUT2D eigenvalue weighted by Gasteiger charge is 2.38. The van der Waals surface area contributed by atoms with Gasteiger partial charge in [-0.15, -0.1) is 0 Å². The van der Waals surface area contributed by atoms with Crippen LogP contribution in [-0.4, -0.2) is 0 Å². The fraction of sp³-hybridized carbons (Fsp3) is 0.0566. The highest BCUT2D eigenvalue weighted by Crippen LogP contribution is 2.55. The molecule has 2 nitrogen and oxygen atoms in total. The maximum Gasteiger partial charge on any atom is 0.145 e. The molecule has 260 valence electrons. The first-order valence-corrected chi connectivity index (χ1v) is 19.1. The summed E-state index contributed by atoms with van der Waals surface area (Å²) >= 11 is 0. The van der Waals surface area contributed by atoms with E-state index in [1.807, 2.05) is 0 Å². The Bertz CT molecular complexity index is 3130. The molecule has 0 bridgehead atoms. The summed E-state index contributed by atoms with van der Waals surface area (Å²) in [5, 5.41) is 7.13. The molecule has 0 unspecified atom stereocenters. The second-order valence-electron chi connectivity index (χ2n) is 15.3. The van der Waals surface area contributed by atoms with E-state index in [0.717, 1.165) is 50.1 Å². The van der Waals surface area contributed by atoms with Crippen LogP contribution in [-0.2, 0) is 5.41 Å². The van der Waals surface area contributed by atoms with Crippen LogP contribution in [0.2, 0.25) is 0 Å². The fourth-order valence-electron chi connectivity index (χ4n) is 9.08. The summed E-state index contributed by atoms with van der Waals surface area (Å²) in [4.78, 5) is 2.47. The average Bonchev–Trinajstić information content (AvgIpc) is 3.74. The molecule has 1 aromatic heterocycles. The van der Waals surface area contributed by atoms with Crippen LogP contribution < -0.4 is 4.90 Å². The van der Waals surface area contributed by atoms with Crippen LogP contribution in [0.25, 0.3) is 76.9 Å². The minimum absolute atomic E-state index is 0.134. The van der Waals surface area contributed by atoms with Crippen molar-refractivity contribution in [2.24, 2.45) is 0 Å². The van der Waals surface area contributed by atoms with Gasteiger partial charge in [-0.2, -0.15) is 0 Å². The standard InChI is InChI=1S/C53H37NO/c1-53(2)45-18-9-7-16-43(45)50-46(53)19-11-20-47(50)54(41-28-26-36(27-29-41)39-24-22-34-12-3-5-14-37(34)32-39)48-31-30-42(40-25-23-35-13-4-6-15-38(35)33-40)52-51(48)44-17-8-10-21-49(44)55-52/h3-33H,1-2H3. The molecule has 0 N–H and O–H groups in total. The highest BCUT2D eigenvalue weighted by atomic mass is 16.3. The first-order valence-electron chi connectivity index (χ1n) is 19.1. The van der Waals surface area contributed by atoms with Crippen molar-refractivity contribution in [3.63, 3.8) is 0 Å². The number of hydrogen-bond acceptors (Lipinski definition) is 2. The second-order valence-corrected chi connectivity index (χ2v) is 15.3. The van der Waals surface area contributed by atoms with Gasteiger partial charge in [-0.25, -0.2) is 0 Å². The molecule has 0 fully saturated rings. The third-order valence-corrected chi connectivity index (χ3v) is 11.8. The summed E-state index contributed by atoms with van der Waals surface area (Å²) in [6.45, 7) is 4.70. The first kappa shape index (κ1) is 31.6. The molecule has 0 radical (unpaired) electrons. The van der Waals surface area contributed by atoms with Crippen LogP contribution in [0, 0.1) is 0 Å². The Labute approximate surface area is 320 Å². The summed E-state index contributed by atoms with van der Waals surface area (Å²) in [5.74, 6) is 0. The first-order chi connectivity index (χ1) is 27.0. The molecule has 0 amide bonds. The zero-order valence-corrected chi connectivity index (χ0v) is 30.8. The second kappa shape index (κ2) is 12.1. The number of anilines is 3. The lowest BCUT2D eigenvalue weighted by molar-refractivity contribution is 0.660. The summed E-state index contributed by atoms with van der Waals surface area (Å²) in [6.07, 6.45) is 0. The van der Waals surface area contributed by atoms with E-state index in [0.29, 0.717) is 0 Å². The zero-order chi connectivity index (χ0) is 36.7. The molecule has 1 aliphatic carbocycles. The van der Waals surface area contributed by atoms with Crippen molar-refractivity contribution in [3.8, 4) is 33.4 Å². The number of rotatable bonds is 5. The Hall–Kier alpha value is -6.90. The van der Waals surface area contributed by atoms with Crippen molar-refractivity contribution in [1.29, 1.82) is 0 Å². The monoisotopic (exact) mass is 703 g/mol. The number of fused-ring (bicyclic) bond motifs is 8. The van der Waals surface area contributed by atoms with Gasteiger partial charge in [0.2, 0.25) is 0 Å². The molecule has 2 heteroatoms. The van der Waals surface area contributed by atoms with Gasteiger partial charge in [0.05, 0.1) is 16.8 Å². The van der Waals surface area contributed by atoms with E-state index in [9.17, 15) is 0 Å². The Balaban J connectivity index is 1.17. The van der Waals surface area contributed by atoms with E-state index in [1.54, 1.807) is 0 Å². The number of hydrogen-bond donors (Lipinski definition) is 0. The van der Waals surface area contributed by atoms with Crippen LogP contribution in [0.15, 0.2) is 192 Å². The quantitative estimate of drug-likeness (QED) is 0.177. The zero-order valence-electron chi connectivity index (χ0n) is 30.8. The predicted molar refractivity (Wildman–Crippen MR) is 232 cm³/mol. The van der Waals surface area contributed by atoms with Crippen molar-refractivity contribution in [3.05, 3.63) is 199 Å². The van der Waals surface area contributed by atoms with Crippen molar-refractivity contribution in [2.45, 2.75) is 19.3 Å². The van der Waals surface area contributed by atoms with Gasteiger partial charge in [0.25, 0.3) is 0 Å². The molecule has 1 aliphatic rings. The van der Waals surface area contributed by atoms with Gasteiger partial charge in [0.15, 0.2) is 0 Å². The smallest absolute Gasteiger partial charge is 0.145 e. The van der Waals surface area contributed by atoms with Gasteiger partial charge in [0, 0.05) is 27.6 Å². The van der Waals surface area contributed by atoms with E-state index in [4.69, 9.17) is 4.42 Å². The molecule has 1 heterocycles. The van der Waals surface area contributed by atoms with Gasteiger partial charge in [-0.05, 0) is 103 Å². The minimum atomic E-state index is -0.134. The topological polar surface area (TPSA) is 16.4 Å². The van der Waals surface area contributed by atoms with Crippen molar-refractivity contribution >= 4 is 60.5 Å². The van der Waals surface area contributed by atoms with Crippen LogP contribution in [0.4, 0.5) is 17.1 Å². The molecule has 55 heavy (non-hydrogen) atoms. The van der Waals surface area contributed by atoms with Crippen LogP contribution in [0.3, 0.4) is 0 Å². The molecular weight excluding hydrogens is 667 g/mol. The van der Waals surface area contributed by atoms with Gasteiger partial charge >= 0.3 is 0 Å². The third kappa shape index (κ3) is 4.88. The lowest BCUT2D eigenvalue weighted by Gasteiger charge is -2.30. The Morgan fingerprint density at radius 2 is 1.05 bits per heavy atom. The minimum Gasteiger partial charge on any atom is -0.455 e. The number of nitrogens with zero attached hydrogens (tertiary/aromatic N) is 1. The van der Waals surface area contributed by atoms with E-state index < -0.39 is 0 Å². The van der Waals surface area contributed by atoms with Crippen molar-refractivity contribution in [1.82, 2.24) is 0 Å². The Morgan fingerprint density at radius 1 is 0.436 bits per heavy atom. The molecule has 0 aliphatic heterocycles. The summed E-state index contributed by atoms with van der Waals surface area (Å²) < 4.78 is 6.88. The fourth-order valence-corrected chi connectivity index (χ4v) is 9.08. The molecule has 11 rings (SSSR count). The van der Waals surface area contributed by atoms with Crippen LogP contribution in [0.1, 0.15) is 25.0 Å². The summed E-state index contributed by atoms with van der Waals surface area (Å²) in [7, 11) is 0. The number of para-hydroxylation sites is 1. The molecule has 9 aromatic carbocycles. The van der Waals surface area contributed by atoms with E-state index in [1.165, 1.54) is 54.9 Å². The maximum absolute atomic E-state index is 6.88. The molecule has 0 saturated carbocycles. The highest BCUT2D eigenvalue weighted by molar-refractivity contribution is 6.18. The molecule has 0 spiro atoms. The lowest BCUT2D eigenvalue weighted by Crippen LogP contribution is -2.16. The van der Waals surface area contributed by atoms with Gasteiger partial charge < -0.3 is 9.32 Å². The van der Waals surface area contributed by atoms with Crippen molar-refractivity contribution in [2.75, 3.05) is 4.90 Å². The SMILES string of the molecule is CC1(C)c2ccccc2-c2c(N(c3ccc(-c4ccc5ccccc5c4)cc3)c3ccc(-c4ccc5ccccc5c4)c4oc5ccccc5c34)cccc21. The van der Waals surface area contributed by atoms with Gasteiger partial charge in [-0.1, -0.05) is 153 Å². The normalized spacial score (nSPS) is 13.1. The number of furan rings is 1. The molecule has 0 atom stereocenters. The van der Waals surface area contributed by atoms with E-state index >= 15 is 0 Å². The maximum atomic E-state index is 6.88.